The summed E-state index contributed by atoms with van der Waals surface area (Å²) in [5, 5.41) is 12.5. The lowest BCUT2D eigenvalue weighted by atomic mass is 10.2. The quantitative estimate of drug-likeness (QED) is 0.392. The number of carbonyl (C=O) groups is 1. The Bertz CT molecular complexity index is 1140. The summed E-state index contributed by atoms with van der Waals surface area (Å²) >= 11 is 9.18. The first-order valence-corrected chi connectivity index (χ1v) is 10.6. The van der Waals surface area contributed by atoms with Crippen molar-refractivity contribution >= 4 is 56.4 Å². The fraction of sp³-hybridized carbons (Fsp3) is 0.150. The number of rotatable bonds is 5. The molecule has 1 N–H and O–H groups in total. The number of carbonyl (C=O) groups excluding carboxylic acids is 1. The molecule has 2 aromatic heterocycles. The van der Waals surface area contributed by atoms with Crippen molar-refractivity contribution in [2.24, 2.45) is 0 Å². The molecule has 1 amide bonds. The minimum atomic E-state index is -0.396. The van der Waals surface area contributed by atoms with E-state index in [9.17, 15) is 4.79 Å². The van der Waals surface area contributed by atoms with Gasteiger partial charge in [0.25, 0.3) is 11.1 Å². The van der Waals surface area contributed by atoms with Crippen LogP contribution in [0.25, 0.3) is 20.9 Å². The fourth-order valence-electron chi connectivity index (χ4n) is 2.59. The Morgan fingerprint density at radius 2 is 1.93 bits per heavy atom. The van der Waals surface area contributed by atoms with Gasteiger partial charge in [0.1, 0.15) is 4.88 Å². The molecule has 0 fully saturated rings. The molecule has 0 radical (unpaired) electrons. The maximum Gasteiger partial charge on any atom is 0.277 e. The second kappa shape index (κ2) is 7.95. The van der Waals surface area contributed by atoms with Gasteiger partial charge < -0.3 is 9.73 Å². The lowest BCUT2D eigenvalue weighted by Crippen LogP contribution is -2.22. The summed E-state index contributed by atoms with van der Waals surface area (Å²) in [5.74, 6) is 0.230. The molecule has 0 saturated carbocycles. The normalized spacial score (nSPS) is 12.2. The van der Waals surface area contributed by atoms with Crippen molar-refractivity contribution in [1.29, 1.82) is 0 Å². The fourth-order valence-corrected chi connectivity index (χ4v) is 4.70. The van der Waals surface area contributed by atoms with Gasteiger partial charge in [0.15, 0.2) is 0 Å². The molecular formula is C20H16ClN3O2S2. The van der Waals surface area contributed by atoms with E-state index in [0.29, 0.717) is 16.1 Å². The van der Waals surface area contributed by atoms with E-state index in [2.05, 4.69) is 15.5 Å². The third kappa shape index (κ3) is 3.92. The van der Waals surface area contributed by atoms with Gasteiger partial charge >= 0.3 is 0 Å². The number of nitrogens with zero attached hydrogens (tertiary/aromatic N) is 2. The molecule has 0 aliphatic rings. The molecule has 8 heteroatoms. The lowest BCUT2D eigenvalue weighted by Gasteiger charge is -2.09. The maximum absolute atomic E-state index is 12.4. The Balaban J connectivity index is 1.47. The third-order valence-electron chi connectivity index (χ3n) is 4.10. The predicted molar refractivity (Wildman–Crippen MR) is 115 cm³/mol. The van der Waals surface area contributed by atoms with Gasteiger partial charge in [0.05, 0.1) is 10.3 Å². The van der Waals surface area contributed by atoms with E-state index < -0.39 is 5.25 Å². The molecule has 4 aromatic rings. The monoisotopic (exact) mass is 429 g/mol. The highest BCUT2D eigenvalue weighted by molar-refractivity contribution is 8.00. The molecule has 0 unspecified atom stereocenters. The topological polar surface area (TPSA) is 68.0 Å². The maximum atomic E-state index is 12.4. The van der Waals surface area contributed by atoms with Crippen molar-refractivity contribution < 1.29 is 9.21 Å². The largest absolute Gasteiger partial charge is 0.410 e. The van der Waals surface area contributed by atoms with Gasteiger partial charge in [-0.2, -0.15) is 0 Å². The number of thioether (sulfide) groups is 1. The second-order valence-corrected chi connectivity index (χ2v) is 8.95. The van der Waals surface area contributed by atoms with Crippen LogP contribution in [0.2, 0.25) is 5.02 Å². The summed E-state index contributed by atoms with van der Waals surface area (Å²) in [6.45, 7) is 3.80. The Hall–Kier alpha value is -2.35. The number of anilines is 1. The molecule has 5 nitrogen and oxygen atoms in total. The molecule has 1 atom stereocenters. The van der Waals surface area contributed by atoms with E-state index in [1.165, 1.54) is 23.1 Å². The molecular weight excluding hydrogens is 414 g/mol. The molecule has 2 heterocycles. The van der Waals surface area contributed by atoms with Gasteiger partial charge in [-0.3, -0.25) is 4.79 Å². The summed E-state index contributed by atoms with van der Waals surface area (Å²) in [6, 6.07) is 15.5. The highest BCUT2D eigenvalue weighted by Gasteiger charge is 2.21. The summed E-state index contributed by atoms with van der Waals surface area (Å²) in [6.07, 6.45) is 0. The van der Waals surface area contributed by atoms with Crippen molar-refractivity contribution in [1.82, 2.24) is 10.2 Å². The summed E-state index contributed by atoms with van der Waals surface area (Å²) in [4.78, 5) is 13.1. The van der Waals surface area contributed by atoms with Crippen LogP contribution in [0.15, 0.2) is 58.2 Å². The van der Waals surface area contributed by atoms with E-state index in [1.807, 2.05) is 55.5 Å². The number of fused-ring (bicyclic) bond motifs is 1. The van der Waals surface area contributed by atoms with E-state index in [-0.39, 0.29) is 5.91 Å². The molecule has 2 aromatic carbocycles. The number of amides is 1. The number of halogens is 1. The van der Waals surface area contributed by atoms with Crippen molar-refractivity contribution in [2.75, 3.05) is 5.32 Å². The highest BCUT2D eigenvalue weighted by Crippen LogP contribution is 2.42. The van der Waals surface area contributed by atoms with E-state index in [4.69, 9.17) is 16.0 Å². The number of aryl methyl sites for hydroxylation is 1. The third-order valence-corrected chi connectivity index (χ3v) is 6.70. The number of hydrogen-bond acceptors (Lipinski definition) is 6. The molecule has 0 spiro atoms. The average Bonchev–Trinajstić information content (AvgIpc) is 3.28. The number of benzene rings is 2. The van der Waals surface area contributed by atoms with Crippen molar-refractivity contribution in [3.63, 3.8) is 0 Å². The van der Waals surface area contributed by atoms with Crippen LogP contribution >= 0.6 is 34.7 Å². The van der Waals surface area contributed by atoms with E-state index >= 15 is 0 Å². The molecule has 0 aliphatic carbocycles. The second-order valence-electron chi connectivity index (χ2n) is 6.23. The number of nitrogens with one attached hydrogen (secondary N) is 1. The van der Waals surface area contributed by atoms with Crippen molar-refractivity contribution in [3.8, 4) is 10.8 Å². The number of thiophene rings is 1. The van der Waals surface area contributed by atoms with Crippen LogP contribution in [0.3, 0.4) is 0 Å². The number of hydrogen-bond donors (Lipinski definition) is 1. The average molecular weight is 430 g/mol. The Labute approximate surface area is 175 Å². The molecule has 0 bridgehead atoms. The van der Waals surface area contributed by atoms with Gasteiger partial charge in [-0.1, -0.05) is 59.3 Å². The van der Waals surface area contributed by atoms with Gasteiger partial charge in [0, 0.05) is 15.8 Å². The van der Waals surface area contributed by atoms with Crippen LogP contribution < -0.4 is 5.32 Å². The standard InChI is InChI=1S/C20H16ClN3O2S2/c1-11-7-9-13(10-8-11)22-18(25)12(2)27-20-24-23-19(26-20)17-16(21)14-5-3-4-6-15(14)28-17/h3-10,12H,1-2H3,(H,22,25)/t12-/m0/s1. The zero-order chi connectivity index (χ0) is 19.7. The molecule has 4 rings (SSSR count). The van der Waals surface area contributed by atoms with Crippen molar-refractivity contribution in [2.45, 2.75) is 24.3 Å². The van der Waals surface area contributed by atoms with Gasteiger partial charge in [0.2, 0.25) is 5.91 Å². The highest BCUT2D eigenvalue weighted by atomic mass is 35.5. The summed E-state index contributed by atoms with van der Waals surface area (Å²) < 4.78 is 6.81. The first-order valence-electron chi connectivity index (χ1n) is 8.56. The molecule has 28 heavy (non-hydrogen) atoms. The van der Waals surface area contributed by atoms with Gasteiger partial charge in [-0.25, -0.2) is 0 Å². The smallest absolute Gasteiger partial charge is 0.277 e. The van der Waals surface area contributed by atoms with Gasteiger partial charge in [-0.05, 0) is 32.0 Å². The van der Waals surface area contributed by atoms with Crippen molar-refractivity contribution in [3.05, 3.63) is 59.1 Å². The van der Waals surface area contributed by atoms with Crippen LogP contribution in [0, 0.1) is 6.92 Å². The summed E-state index contributed by atoms with van der Waals surface area (Å²) in [7, 11) is 0. The Kier molecular flexibility index (Phi) is 5.39. The first kappa shape index (κ1) is 19.0. The number of aromatic nitrogens is 2. The van der Waals surface area contributed by atoms with Gasteiger partial charge in [-0.15, -0.1) is 21.5 Å². The van der Waals surface area contributed by atoms with Crippen LogP contribution in [-0.4, -0.2) is 21.4 Å². The SMILES string of the molecule is Cc1ccc(NC(=O)[C@H](C)Sc2nnc(-c3sc4ccccc4c3Cl)o2)cc1. The summed E-state index contributed by atoms with van der Waals surface area (Å²) in [5.41, 5.74) is 1.89. The minimum Gasteiger partial charge on any atom is -0.410 e. The molecule has 0 saturated heterocycles. The zero-order valence-electron chi connectivity index (χ0n) is 15.1. The molecule has 0 aliphatic heterocycles. The zero-order valence-corrected chi connectivity index (χ0v) is 17.5. The Morgan fingerprint density at radius 1 is 1.18 bits per heavy atom. The van der Waals surface area contributed by atoms with Crippen LogP contribution in [-0.2, 0) is 4.79 Å². The molecule has 142 valence electrons. The Morgan fingerprint density at radius 3 is 2.68 bits per heavy atom. The lowest BCUT2D eigenvalue weighted by molar-refractivity contribution is -0.115. The predicted octanol–water partition coefficient (Wildman–Crippen LogP) is 6.03. The van der Waals surface area contributed by atoms with Crippen LogP contribution in [0.5, 0.6) is 0 Å². The first-order chi connectivity index (χ1) is 13.5. The van der Waals surface area contributed by atoms with Crippen LogP contribution in [0.4, 0.5) is 5.69 Å². The van der Waals surface area contributed by atoms with E-state index in [0.717, 1.165) is 26.2 Å². The minimum absolute atomic E-state index is 0.131. The van der Waals surface area contributed by atoms with E-state index in [1.54, 1.807) is 6.92 Å². The van der Waals surface area contributed by atoms with Crippen LogP contribution in [0.1, 0.15) is 12.5 Å².